The van der Waals surface area contributed by atoms with Crippen molar-refractivity contribution in [2.24, 2.45) is 0 Å². The first-order valence-electron chi connectivity index (χ1n) is 9.41. The summed E-state index contributed by atoms with van der Waals surface area (Å²) in [6, 6.07) is 15.0. The summed E-state index contributed by atoms with van der Waals surface area (Å²) in [4.78, 5) is 26.3. The molecule has 1 aliphatic rings. The fourth-order valence-corrected chi connectivity index (χ4v) is 5.06. The van der Waals surface area contributed by atoms with E-state index < -0.39 is 15.1 Å². The van der Waals surface area contributed by atoms with Crippen LogP contribution in [-0.4, -0.2) is 57.1 Å². The lowest BCUT2D eigenvalue weighted by atomic mass is 10.1. The van der Waals surface area contributed by atoms with Crippen molar-refractivity contribution in [3.8, 4) is 5.75 Å². The summed E-state index contributed by atoms with van der Waals surface area (Å²) < 4.78 is 30.7. The number of rotatable bonds is 6. The topological polar surface area (TPSA) is 92.8 Å². The Kier molecular flexibility index (Phi) is 6.53. The third kappa shape index (κ3) is 4.95. The van der Waals surface area contributed by atoms with Crippen LogP contribution in [0.25, 0.3) is 0 Å². The standard InChI is InChI=1S/C21H24N2O5S/c1-28-17-7-9-18(10-8-17)29(26,27)19-11-13-23(14-12-19)20(24)15-22-21(25)16-5-3-2-4-6-16/h2-10,19H,11-15H2,1H3,(H,22,25). The maximum atomic E-state index is 12.8. The van der Waals surface area contributed by atoms with Gasteiger partial charge in [0.25, 0.3) is 5.91 Å². The Morgan fingerprint density at radius 1 is 1.03 bits per heavy atom. The van der Waals surface area contributed by atoms with Crippen LogP contribution in [-0.2, 0) is 14.6 Å². The monoisotopic (exact) mass is 416 g/mol. The van der Waals surface area contributed by atoms with E-state index in [0.717, 1.165) is 0 Å². The van der Waals surface area contributed by atoms with E-state index in [1.54, 1.807) is 53.4 Å². The molecule has 1 fully saturated rings. The lowest BCUT2D eigenvalue weighted by Gasteiger charge is -2.31. The van der Waals surface area contributed by atoms with Gasteiger partial charge in [-0.3, -0.25) is 9.59 Å². The second kappa shape index (κ2) is 9.09. The van der Waals surface area contributed by atoms with E-state index in [1.165, 1.54) is 7.11 Å². The van der Waals surface area contributed by atoms with Gasteiger partial charge in [0.15, 0.2) is 9.84 Å². The average molecular weight is 416 g/mol. The summed E-state index contributed by atoms with van der Waals surface area (Å²) in [6.45, 7) is 0.587. The van der Waals surface area contributed by atoms with Gasteiger partial charge in [-0.2, -0.15) is 0 Å². The van der Waals surface area contributed by atoms with Crippen LogP contribution < -0.4 is 10.1 Å². The number of hydrogen-bond donors (Lipinski definition) is 1. The van der Waals surface area contributed by atoms with Gasteiger partial charge in [-0.15, -0.1) is 0 Å². The highest BCUT2D eigenvalue weighted by atomic mass is 32.2. The first-order chi connectivity index (χ1) is 13.9. The Labute approximate surface area is 170 Å². The molecular formula is C21H24N2O5S. The molecule has 2 amide bonds. The zero-order chi connectivity index (χ0) is 20.9. The lowest BCUT2D eigenvalue weighted by molar-refractivity contribution is -0.130. The maximum Gasteiger partial charge on any atom is 0.251 e. The number of methoxy groups -OCH3 is 1. The van der Waals surface area contributed by atoms with Gasteiger partial charge in [-0.05, 0) is 49.2 Å². The Bertz CT molecular complexity index is 950. The predicted molar refractivity (Wildman–Crippen MR) is 109 cm³/mol. The largest absolute Gasteiger partial charge is 0.497 e. The van der Waals surface area contributed by atoms with Crippen molar-refractivity contribution in [3.63, 3.8) is 0 Å². The van der Waals surface area contributed by atoms with Crippen molar-refractivity contribution in [3.05, 3.63) is 60.2 Å². The van der Waals surface area contributed by atoms with Crippen LogP contribution in [0, 0.1) is 0 Å². The number of carbonyl (C=O) groups excluding carboxylic acids is 2. The summed E-state index contributed by atoms with van der Waals surface area (Å²) in [5, 5.41) is 2.09. The molecule has 2 aromatic carbocycles. The minimum absolute atomic E-state index is 0.108. The molecule has 7 nitrogen and oxygen atoms in total. The Balaban J connectivity index is 1.52. The van der Waals surface area contributed by atoms with Crippen LogP contribution in [0.3, 0.4) is 0 Å². The molecule has 0 aromatic heterocycles. The van der Waals surface area contributed by atoms with Crippen molar-refractivity contribution in [1.29, 1.82) is 0 Å². The molecule has 0 atom stereocenters. The normalized spacial score (nSPS) is 15.0. The third-order valence-electron chi connectivity index (χ3n) is 5.06. The molecule has 0 bridgehead atoms. The molecule has 29 heavy (non-hydrogen) atoms. The lowest BCUT2D eigenvalue weighted by Crippen LogP contribution is -2.46. The van der Waals surface area contributed by atoms with Crippen molar-refractivity contribution in [1.82, 2.24) is 10.2 Å². The summed E-state index contributed by atoms with van der Waals surface area (Å²) in [6.07, 6.45) is 0.736. The summed E-state index contributed by atoms with van der Waals surface area (Å²) in [5.41, 5.74) is 0.490. The van der Waals surface area contributed by atoms with Gasteiger partial charge < -0.3 is 15.0 Å². The zero-order valence-electron chi connectivity index (χ0n) is 16.2. The molecule has 0 saturated carbocycles. The van der Waals surface area contributed by atoms with Crippen LogP contribution in [0.2, 0.25) is 0 Å². The van der Waals surface area contributed by atoms with Crippen LogP contribution in [0.15, 0.2) is 59.5 Å². The van der Waals surface area contributed by atoms with Crippen LogP contribution in [0.4, 0.5) is 0 Å². The number of likely N-dealkylation sites (tertiary alicyclic amines) is 1. The van der Waals surface area contributed by atoms with E-state index in [0.29, 0.717) is 37.2 Å². The third-order valence-corrected chi connectivity index (χ3v) is 7.34. The predicted octanol–water partition coefficient (Wildman–Crippen LogP) is 1.89. The summed E-state index contributed by atoms with van der Waals surface area (Å²) in [5.74, 6) is 0.0763. The number of nitrogens with one attached hydrogen (secondary N) is 1. The second-order valence-corrected chi connectivity index (χ2v) is 9.08. The van der Waals surface area contributed by atoms with Crippen molar-refractivity contribution in [2.45, 2.75) is 23.0 Å². The van der Waals surface area contributed by atoms with Crippen molar-refractivity contribution in [2.75, 3.05) is 26.7 Å². The number of ether oxygens (including phenoxy) is 1. The Morgan fingerprint density at radius 3 is 2.24 bits per heavy atom. The number of carbonyl (C=O) groups is 2. The van der Waals surface area contributed by atoms with Gasteiger partial charge in [0, 0.05) is 18.7 Å². The smallest absolute Gasteiger partial charge is 0.251 e. The first-order valence-corrected chi connectivity index (χ1v) is 11.0. The zero-order valence-corrected chi connectivity index (χ0v) is 17.0. The minimum atomic E-state index is -3.46. The molecule has 0 radical (unpaired) electrons. The van der Waals surface area contributed by atoms with Gasteiger partial charge in [-0.1, -0.05) is 18.2 Å². The van der Waals surface area contributed by atoms with Gasteiger partial charge in [-0.25, -0.2) is 8.42 Å². The SMILES string of the molecule is COc1ccc(S(=O)(=O)C2CCN(C(=O)CNC(=O)c3ccccc3)CC2)cc1. The van der Waals surface area contributed by atoms with E-state index in [9.17, 15) is 18.0 Å². The van der Waals surface area contributed by atoms with Gasteiger partial charge >= 0.3 is 0 Å². The number of nitrogens with zero attached hydrogens (tertiary/aromatic N) is 1. The molecule has 0 spiro atoms. The molecule has 2 aromatic rings. The van der Waals surface area contributed by atoms with Crippen molar-refractivity contribution < 1.29 is 22.7 Å². The molecule has 0 aliphatic carbocycles. The van der Waals surface area contributed by atoms with E-state index in [4.69, 9.17) is 4.74 Å². The van der Waals surface area contributed by atoms with E-state index in [2.05, 4.69) is 5.32 Å². The minimum Gasteiger partial charge on any atom is -0.497 e. The van der Waals surface area contributed by atoms with Gasteiger partial charge in [0.05, 0.1) is 23.8 Å². The highest BCUT2D eigenvalue weighted by Gasteiger charge is 2.32. The molecule has 3 rings (SSSR count). The number of amides is 2. The van der Waals surface area contributed by atoms with Crippen LogP contribution in [0.1, 0.15) is 23.2 Å². The molecule has 1 aliphatic heterocycles. The molecule has 8 heteroatoms. The number of sulfone groups is 1. The number of hydrogen-bond acceptors (Lipinski definition) is 5. The molecule has 1 saturated heterocycles. The molecule has 1 heterocycles. The molecule has 1 N–H and O–H groups in total. The Hall–Kier alpha value is -2.87. The number of benzene rings is 2. The van der Waals surface area contributed by atoms with Crippen LogP contribution in [0.5, 0.6) is 5.75 Å². The van der Waals surface area contributed by atoms with Crippen molar-refractivity contribution >= 4 is 21.7 Å². The summed E-state index contributed by atoms with van der Waals surface area (Å²) in [7, 11) is -1.93. The van der Waals surface area contributed by atoms with E-state index >= 15 is 0 Å². The fourth-order valence-electron chi connectivity index (χ4n) is 3.33. The summed E-state index contributed by atoms with van der Waals surface area (Å²) >= 11 is 0. The van der Waals surface area contributed by atoms with E-state index in [1.807, 2.05) is 6.07 Å². The highest BCUT2D eigenvalue weighted by Crippen LogP contribution is 2.26. The van der Waals surface area contributed by atoms with Gasteiger partial charge in [0.1, 0.15) is 5.75 Å². The molecule has 154 valence electrons. The van der Waals surface area contributed by atoms with Crippen LogP contribution >= 0.6 is 0 Å². The average Bonchev–Trinajstić information content (AvgIpc) is 2.78. The fraction of sp³-hybridized carbons (Fsp3) is 0.333. The van der Waals surface area contributed by atoms with Gasteiger partial charge in [0.2, 0.25) is 5.91 Å². The Morgan fingerprint density at radius 2 is 1.66 bits per heavy atom. The molecular weight excluding hydrogens is 392 g/mol. The maximum absolute atomic E-state index is 12.8. The first kappa shape index (κ1) is 20.9. The molecule has 0 unspecified atom stereocenters. The highest BCUT2D eigenvalue weighted by molar-refractivity contribution is 7.92. The number of piperidine rings is 1. The quantitative estimate of drug-likeness (QED) is 0.776. The second-order valence-electron chi connectivity index (χ2n) is 6.85. The van der Waals surface area contributed by atoms with E-state index in [-0.39, 0.29) is 23.3 Å².